The Labute approximate surface area is 157 Å². The molecule has 0 saturated carbocycles. The zero-order valence-corrected chi connectivity index (χ0v) is 16.6. The molecule has 136 valence electrons. The molecule has 2 aliphatic heterocycles. The highest BCUT2D eigenvalue weighted by atomic mass is 32.2. The first kappa shape index (κ1) is 17.4. The van der Waals surface area contributed by atoms with Crippen LogP contribution in [0.15, 0.2) is 17.5 Å². The fourth-order valence-electron chi connectivity index (χ4n) is 3.92. The van der Waals surface area contributed by atoms with Crippen molar-refractivity contribution in [1.29, 1.82) is 0 Å². The Balaban J connectivity index is 1.57. The SMILES string of the molecule is Cn1c([C@@H]2CCS(=O)(=O)C2)nn(CN2CCC[C@H]2c2cccs2)c1=S. The van der Waals surface area contributed by atoms with E-state index in [4.69, 9.17) is 17.3 Å². The van der Waals surface area contributed by atoms with E-state index in [1.54, 1.807) is 11.3 Å². The standard InChI is InChI=1S/C16H22N4O2S3/c1-18-15(12-6-9-25(21,22)10-12)17-20(16(18)23)11-19-7-2-4-13(19)14-5-3-8-24-14/h3,5,8,12-13H,2,4,6-7,9-11H2,1H3/t12-,13+/m1/s1. The highest BCUT2D eigenvalue weighted by Gasteiger charge is 2.33. The first-order valence-corrected chi connectivity index (χ1v) is 11.7. The third-order valence-electron chi connectivity index (χ3n) is 5.22. The number of rotatable bonds is 4. The number of thiophene rings is 1. The normalized spacial score (nSPS) is 26.4. The average molecular weight is 399 g/mol. The summed E-state index contributed by atoms with van der Waals surface area (Å²) in [7, 11) is -1.03. The van der Waals surface area contributed by atoms with E-state index in [0.717, 1.165) is 18.8 Å². The summed E-state index contributed by atoms with van der Waals surface area (Å²) in [5.74, 6) is 1.21. The lowest BCUT2D eigenvalue weighted by Gasteiger charge is -2.23. The van der Waals surface area contributed by atoms with Gasteiger partial charge in [-0.05, 0) is 42.9 Å². The van der Waals surface area contributed by atoms with E-state index in [-0.39, 0.29) is 17.4 Å². The van der Waals surface area contributed by atoms with Crippen molar-refractivity contribution in [3.05, 3.63) is 33.0 Å². The van der Waals surface area contributed by atoms with Gasteiger partial charge in [-0.3, -0.25) is 4.90 Å². The third-order valence-corrected chi connectivity index (χ3v) is 8.45. The third kappa shape index (κ3) is 3.34. The van der Waals surface area contributed by atoms with Gasteiger partial charge in [0.1, 0.15) is 5.82 Å². The molecule has 25 heavy (non-hydrogen) atoms. The summed E-state index contributed by atoms with van der Waals surface area (Å²) in [4.78, 5) is 3.81. The van der Waals surface area contributed by atoms with Gasteiger partial charge in [0.15, 0.2) is 14.6 Å². The number of hydrogen-bond acceptors (Lipinski definition) is 6. The van der Waals surface area contributed by atoms with E-state index in [1.807, 2.05) is 16.3 Å². The molecule has 0 unspecified atom stereocenters. The molecule has 0 radical (unpaired) electrons. The Kier molecular flexibility index (Phi) is 4.59. The molecule has 0 aliphatic carbocycles. The Bertz CT molecular complexity index is 914. The van der Waals surface area contributed by atoms with Crippen LogP contribution in [0.4, 0.5) is 0 Å². The molecule has 2 saturated heterocycles. The molecule has 2 aromatic rings. The van der Waals surface area contributed by atoms with Crippen molar-refractivity contribution in [1.82, 2.24) is 19.2 Å². The maximum Gasteiger partial charge on any atom is 0.198 e. The van der Waals surface area contributed by atoms with Crippen LogP contribution in [0, 0.1) is 4.77 Å². The molecule has 0 aromatic carbocycles. The molecule has 9 heteroatoms. The molecular weight excluding hydrogens is 376 g/mol. The van der Waals surface area contributed by atoms with Crippen molar-refractivity contribution in [3.8, 4) is 0 Å². The van der Waals surface area contributed by atoms with Crippen molar-refractivity contribution >= 4 is 33.4 Å². The largest absolute Gasteiger partial charge is 0.307 e. The molecule has 2 aromatic heterocycles. The Morgan fingerprint density at radius 3 is 2.92 bits per heavy atom. The van der Waals surface area contributed by atoms with Crippen LogP contribution >= 0.6 is 23.6 Å². The van der Waals surface area contributed by atoms with E-state index in [1.165, 1.54) is 11.3 Å². The maximum absolute atomic E-state index is 11.8. The molecule has 6 nitrogen and oxygen atoms in total. The summed E-state index contributed by atoms with van der Waals surface area (Å²) in [5.41, 5.74) is 0. The molecule has 0 amide bonds. The molecule has 2 fully saturated rings. The lowest BCUT2D eigenvalue weighted by molar-refractivity contribution is 0.191. The first-order chi connectivity index (χ1) is 11.9. The number of sulfone groups is 1. The highest BCUT2D eigenvalue weighted by molar-refractivity contribution is 7.91. The quantitative estimate of drug-likeness (QED) is 0.741. The van der Waals surface area contributed by atoms with Crippen LogP contribution in [0.5, 0.6) is 0 Å². The lowest BCUT2D eigenvalue weighted by Crippen LogP contribution is -2.26. The van der Waals surface area contributed by atoms with Gasteiger partial charge >= 0.3 is 0 Å². The van der Waals surface area contributed by atoms with E-state index in [0.29, 0.717) is 23.9 Å². The topological polar surface area (TPSA) is 60.1 Å². The maximum atomic E-state index is 11.8. The predicted octanol–water partition coefficient (Wildman–Crippen LogP) is 2.71. The Hall–Kier alpha value is -1.03. The fraction of sp³-hybridized carbons (Fsp3) is 0.625. The smallest absolute Gasteiger partial charge is 0.198 e. The lowest BCUT2D eigenvalue weighted by atomic mass is 10.1. The molecule has 2 aliphatic rings. The van der Waals surface area contributed by atoms with Crippen LogP contribution in [0.3, 0.4) is 0 Å². The van der Waals surface area contributed by atoms with Gasteiger partial charge in [0, 0.05) is 30.4 Å². The molecule has 4 heterocycles. The molecule has 0 spiro atoms. The Morgan fingerprint density at radius 2 is 2.24 bits per heavy atom. The van der Waals surface area contributed by atoms with E-state index < -0.39 is 9.84 Å². The van der Waals surface area contributed by atoms with Gasteiger partial charge in [-0.1, -0.05) is 6.07 Å². The first-order valence-electron chi connectivity index (χ1n) is 8.56. The number of likely N-dealkylation sites (tertiary alicyclic amines) is 1. The zero-order chi connectivity index (χ0) is 17.6. The summed E-state index contributed by atoms with van der Waals surface area (Å²) < 4.78 is 28.0. The second-order valence-corrected chi connectivity index (χ2v) is 10.5. The monoisotopic (exact) mass is 398 g/mol. The van der Waals surface area contributed by atoms with Gasteiger partial charge in [-0.15, -0.1) is 11.3 Å². The van der Waals surface area contributed by atoms with Gasteiger partial charge in [-0.2, -0.15) is 5.10 Å². The molecule has 0 bridgehead atoms. The fourth-order valence-corrected chi connectivity index (χ4v) is 6.75. The second kappa shape index (κ2) is 6.61. The second-order valence-electron chi connectivity index (χ2n) is 6.93. The zero-order valence-electron chi connectivity index (χ0n) is 14.2. The summed E-state index contributed by atoms with van der Waals surface area (Å²) in [6.07, 6.45) is 2.98. The van der Waals surface area contributed by atoms with Crippen molar-refractivity contribution < 1.29 is 8.42 Å². The number of aromatic nitrogens is 3. The van der Waals surface area contributed by atoms with Gasteiger partial charge < -0.3 is 4.57 Å². The minimum atomic E-state index is -2.93. The van der Waals surface area contributed by atoms with Crippen LogP contribution in [-0.4, -0.2) is 45.7 Å². The molecule has 4 rings (SSSR count). The van der Waals surface area contributed by atoms with E-state index >= 15 is 0 Å². The van der Waals surface area contributed by atoms with Crippen molar-refractivity contribution in [2.45, 2.75) is 37.9 Å². The average Bonchev–Trinajstić information content (AvgIpc) is 3.32. The molecular formula is C16H22N4O2S3. The summed E-state index contributed by atoms with van der Waals surface area (Å²) in [6.45, 7) is 1.70. The van der Waals surface area contributed by atoms with Crippen LogP contribution in [-0.2, 0) is 23.6 Å². The van der Waals surface area contributed by atoms with Crippen molar-refractivity contribution in [2.75, 3.05) is 18.1 Å². The number of hydrogen-bond donors (Lipinski definition) is 0. The van der Waals surface area contributed by atoms with Crippen LogP contribution in [0.1, 0.15) is 41.9 Å². The van der Waals surface area contributed by atoms with Crippen molar-refractivity contribution in [2.24, 2.45) is 7.05 Å². The number of nitrogens with zero attached hydrogens (tertiary/aromatic N) is 4. The van der Waals surface area contributed by atoms with Gasteiger partial charge in [0.25, 0.3) is 0 Å². The van der Waals surface area contributed by atoms with Crippen LogP contribution in [0.2, 0.25) is 0 Å². The van der Waals surface area contributed by atoms with Gasteiger partial charge in [0.2, 0.25) is 0 Å². The van der Waals surface area contributed by atoms with Gasteiger partial charge in [-0.25, -0.2) is 13.1 Å². The van der Waals surface area contributed by atoms with Crippen LogP contribution in [0.25, 0.3) is 0 Å². The minimum Gasteiger partial charge on any atom is -0.307 e. The van der Waals surface area contributed by atoms with Gasteiger partial charge in [0.05, 0.1) is 18.2 Å². The minimum absolute atomic E-state index is 0.0374. The van der Waals surface area contributed by atoms with Crippen LogP contribution < -0.4 is 0 Å². The van der Waals surface area contributed by atoms with E-state index in [9.17, 15) is 8.42 Å². The van der Waals surface area contributed by atoms with E-state index in [2.05, 4.69) is 22.4 Å². The molecule has 0 N–H and O–H groups in total. The summed E-state index contributed by atoms with van der Waals surface area (Å²) in [6, 6.07) is 4.72. The Morgan fingerprint density at radius 1 is 1.40 bits per heavy atom. The predicted molar refractivity (Wildman–Crippen MR) is 101 cm³/mol. The van der Waals surface area contributed by atoms with Crippen molar-refractivity contribution in [3.63, 3.8) is 0 Å². The highest BCUT2D eigenvalue weighted by Crippen LogP contribution is 2.35. The summed E-state index contributed by atoms with van der Waals surface area (Å²) >= 11 is 7.37. The molecule has 2 atom stereocenters. The summed E-state index contributed by atoms with van der Waals surface area (Å²) in [5, 5.41) is 6.83.